The first kappa shape index (κ1) is 16.5. The Hall–Kier alpha value is -2.99. The Bertz CT molecular complexity index is 996. The van der Waals surface area contributed by atoms with Crippen LogP contribution in [0.2, 0.25) is 0 Å². The van der Waals surface area contributed by atoms with Crippen molar-refractivity contribution < 1.29 is 14.7 Å². The van der Waals surface area contributed by atoms with Crippen LogP contribution in [-0.4, -0.2) is 28.5 Å². The molecule has 0 unspecified atom stereocenters. The van der Waals surface area contributed by atoms with Gasteiger partial charge < -0.3 is 10.0 Å². The van der Waals surface area contributed by atoms with E-state index < -0.39 is 5.97 Å². The first-order valence-electron chi connectivity index (χ1n) is 8.32. The number of rotatable bonds is 4. The van der Waals surface area contributed by atoms with Crippen LogP contribution in [0, 0.1) is 0 Å². The highest BCUT2D eigenvalue weighted by molar-refractivity contribution is 7.13. The Balaban J connectivity index is 1.65. The second kappa shape index (κ2) is 6.72. The minimum atomic E-state index is -0.952. The van der Waals surface area contributed by atoms with Gasteiger partial charge in [-0.3, -0.25) is 4.79 Å². The smallest absolute Gasteiger partial charge is 0.335 e. The molecule has 0 spiro atoms. The molecule has 1 aromatic heterocycles. The third kappa shape index (κ3) is 3.11. The van der Waals surface area contributed by atoms with Crippen LogP contribution in [0.3, 0.4) is 0 Å². The minimum absolute atomic E-state index is 0.159. The van der Waals surface area contributed by atoms with Gasteiger partial charge in [-0.15, -0.1) is 11.3 Å². The normalized spacial score (nSPS) is 14.0. The summed E-state index contributed by atoms with van der Waals surface area (Å²) < 4.78 is 0. The average Bonchev–Trinajstić information content (AvgIpc) is 3.31. The van der Waals surface area contributed by atoms with E-state index in [2.05, 4.69) is 4.98 Å². The van der Waals surface area contributed by atoms with Crippen molar-refractivity contribution in [3.8, 4) is 21.8 Å². The quantitative estimate of drug-likeness (QED) is 0.749. The molecule has 0 saturated carbocycles. The molecule has 1 amide bonds. The molecule has 1 aliphatic heterocycles. The maximum Gasteiger partial charge on any atom is 0.335 e. The summed E-state index contributed by atoms with van der Waals surface area (Å²) in [5.74, 6) is -0.793. The van der Waals surface area contributed by atoms with Gasteiger partial charge in [-0.05, 0) is 30.7 Å². The van der Waals surface area contributed by atoms with Crippen molar-refractivity contribution in [3.05, 3.63) is 59.5 Å². The van der Waals surface area contributed by atoms with Crippen LogP contribution in [0.15, 0.2) is 53.9 Å². The lowest BCUT2D eigenvalue weighted by Gasteiger charge is -2.16. The third-order valence-corrected chi connectivity index (χ3v) is 5.28. The number of carboxylic acid groups (broad SMARTS) is 1. The number of anilines is 1. The molecule has 1 saturated heterocycles. The number of amides is 1. The van der Waals surface area contributed by atoms with Crippen LogP contribution < -0.4 is 4.90 Å². The summed E-state index contributed by atoms with van der Waals surface area (Å²) in [6.45, 7) is 0.757. The fourth-order valence-corrected chi connectivity index (χ4v) is 3.90. The number of hydrogen-bond donors (Lipinski definition) is 1. The fraction of sp³-hybridized carbons (Fsp3) is 0.150. The van der Waals surface area contributed by atoms with Crippen molar-refractivity contribution in [3.63, 3.8) is 0 Å². The summed E-state index contributed by atoms with van der Waals surface area (Å²) >= 11 is 1.47. The van der Waals surface area contributed by atoms with Crippen LogP contribution >= 0.6 is 11.3 Å². The van der Waals surface area contributed by atoms with Crippen LogP contribution in [0.5, 0.6) is 0 Å². The first-order valence-corrected chi connectivity index (χ1v) is 9.20. The molecular formula is C20H16N2O3S. The lowest BCUT2D eigenvalue weighted by atomic mass is 10.1. The molecule has 1 fully saturated rings. The monoisotopic (exact) mass is 364 g/mol. The van der Waals surface area contributed by atoms with Crippen LogP contribution in [-0.2, 0) is 4.79 Å². The largest absolute Gasteiger partial charge is 0.478 e. The molecule has 6 heteroatoms. The molecule has 0 atom stereocenters. The van der Waals surface area contributed by atoms with E-state index in [0.29, 0.717) is 6.42 Å². The zero-order chi connectivity index (χ0) is 18.1. The van der Waals surface area contributed by atoms with Gasteiger partial charge in [0, 0.05) is 35.2 Å². The molecule has 0 bridgehead atoms. The number of hydrogen-bond acceptors (Lipinski definition) is 4. The van der Waals surface area contributed by atoms with E-state index in [0.717, 1.165) is 40.5 Å². The van der Waals surface area contributed by atoms with Crippen molar-refractivity contribution in [2.45, 2.75) is 12.8 Å². The molecule has 1 aliphatic rings. The lowest BCUT2D eigenvalue weighted by Crippen LogP contribution is -2.23. The van der Waals surface area contributed by atoms with Crippen molar-refractivity contribution in [1.82, 2.24) is 4.98 Å². The van der Waals surface area contributed by atoms with Crippen LogP contribution in [0.4, 0.5) is 5.69 Å². The number of carbonyl (C=O) groups excluding carboxylic acids is 1. The predicted octanol–water partition coefficient (Wildman–Crippen LogP) is 4.30. The van der Waals surface area contributed by atoms with Crippen molar-refractivity contribution in [1.29, 1.82) is 0 Å². The van der Waals surface area contributed by atoms with E-state index in [1.54, 1.807) is 18.2 Å². The van der Waals surface area contributed by atoms with Crippen LogP contribution in [0.25, 0.3) is 21.8 Å². The molecule has 0 radical (unpaired) electrons. The van der Waals surface area contributed by atoms with E-state index in [9.17, 15) is 9.59 Å². The molecule has 5 nitrogen and oxygen atoms in total. The van der Waals surface area contributed by atoms with Gasteiger partial charge in [0.25, 0.3) is 0 Å². The molecular weight excluding hydrogens is 348 g/mol. The molecule has 130 valence electrons. The van der Waals surface area contributed by atoms with Gasteiger partial charge >= 0.3 is 5.97 Å². The van der Waals surface area contributed by atoms with Crippen molar-refractivity contribution >= 4 is 28.9 Å². The molecule has 1 N–H and O–H groups in total. The average molecular weight is 364 g/mol. The van der Waals surface area contributed by atoms with E-state index in [4.69, 9.17) is 5.11 Å². The Labute approximate surface area is 154 Å². The number of aromatic nitrogens is 1. The highest BCUT2D eigenvalue weighted by Crippen LogP contribution is 2.32. The van der Waals surface area contributed by atoms with E-state index in [-0.39, 0.29) is 11.5 Å². The SMILES string of the molecule is O=C(O)c1cccc(-c2nc(-c3cccc(N4CCCC4=O)c3)cs2)c1. The number of nitrogens with zero attached hydrogens (tertiary/aromatic N) is 2. The number of thiazole rings is 1. The third-order valence-electron chi connectivity index (χ3n) is 4.39. The van der Waals surface area contributed by atoms with E-state index in [1.165, 1.54) is 11.3 Å². The molecule has 2 heterocycles. The summed E-state index contributed by atoms with van der Waals surface area (Å²) in [6, 6.07) is 14.6. The number of benzene rings is 2. The highest BCUT2D eigenvalue weighted by atomic mass is 32.1. The molecule has 4 rings (SSSR count). The molecule has 0 aliphatic carbocycles. The maximum absolute atomic E-state index is 12.0. The number of carbonyl (C=O) groups is 2. The van der Waals surface area contributed by atoms with Gasteiger partial charge in [-0.25, -0.2) is 9.78 Å². The van der Waals surface area contributed by atoms with Gasteiger partial charge in [-0.1, -0.05) is 24.3 Å². The summed E-state index contributed by atoms with van der Waals surface area (Å²) in [7, 11) is 0. The zero-order valence-corrected chi connectivity index (χ0v) is 14.7. The first-order chi connectivity index (χ1) is 12.6. The second-order valence-electron chi connectivity index (χ2n) is 6.12. The molecule has 3 aromatic rings. The van der Waals surface area contributed by atoms with Gasteiger partial charge in [0.15, 0.2) is 0 Å². The van der Waals surface area contributed by atoms with Gasteiger partial charge in [0.2, 0.25) is 5.91 Å². The summed E-state index contributed by atoms with van der Waals surface area (Å²) in [5.41, 5.74) is 3.69. The lowest BCUT2D eigenvalue weighted by molar-refractivity contribution is -0.117. The van der Waals surface area contributed by atoms with Crippen molar-refractivity contribution in [2.75, 3.05) is 11.4 Å². The standard InChI is InChI=1S/C20H16N2O3S/c23-18-8-3-9-22(18)16-7-2-4-13(11-16)17-12-26-19(21-17)14-5-1-6-15(10-14)20(24)25/h1-2,4-7,10-12H,3,8-9H2,(H,24,25). The maximum atomic E-state index is 12.0. The summed E-state index contributed by atoms with van der Waals surface area (Å²) in [6.07, 6.45) is 1.49. The predicted molar refractivity (Wildman–Crippen MR) is 102 cm³/mol. The zero-order valence-electron chi connectivity index (χ0n) is 13.9. The second-order valence-corrected chi connectivity index (χ2v) is 6.98. The van der Waals surface area contributed by atoms with Gasteiger partial charge in [0.05, 0.1) is 11.3 Å². The number of aromatic carboxylic acids is 1. The van der Waals surface area contributed by atoms with E-state index in [1.807, 2.05) is 40.6 Å². The molecule has 26 heavy (non-hydrogen) atoms. The fourth-order valence-electron chi connectivity index (χ4n) is 3.08. The Morgan fingerprint density at radius 2 is 1.92 bits per heavy atom. The van der Waals surface area contributed by atoms with Crippen LogP contribution in [0.1, 0.15) is 23.2 Å². The van der Waals surface area contributed by atoms with E-state index >= 15 is 0 Å². The topological polar surface area (TPSA) is 70.5 Å². The minimum Gasteiger partial charge on any atom is -0.478 e. The summed E-state index contributed by atoms with van der Waals surface area (Å²) in [5, 5.41) is 11.9. The molecule has 2 aromatic carbocycles. The Kier molecular flexibility index (Phi) is 4.26. The van der Waals surface area contributed by atoms with Gasteiger partial charge in [-0.2, -0.15) is 0 Å². The van der Waals surface area contributed by atoms with Gasteiger partial charge in [0.1, 0.15) is 5.01 Å². The Morgan fingerprint density at radius 3 is 2.69 bits per heavy atom. The number of carboxylic acids is 1. The summed E-state index contributed by atoms with van der Waals surface area (Å²) in [4.78, 5) is 29.6. The van der Waals surface area contributed by atoms with Crippen molar-refractivity contribution in [2.24, 2.45) is 0 Å². The Morgan fingerprint density at radius 1 is 1.12 bits per heavy atom. The highest BCUT2D eigenvalue weighted by Gasteiger charge is 2.22.